The summed E-state index contributed by atoms with van der Waals surface area (Å²) >= 11 is 5.19. The van der Waals surface area contributed by atoms with Crippen molar-refractivity contribution < 1.29 is 0 Å². The monoisotopic (exact) mass is 279 g/mol. The molecule has 1 unspecified atom stereocenters. The average molecular weight is 279 g/mol. The van der Waals surface area contributed by atoms with Crippen LogP contribution in [0.4, 0.5) is 5.69 Å². The van der Waals surface area contributed by atoms with E-state index in [-0.39, 0.29) is 0 Å². The molecular weight excluding hydrogens is 254 g/mol. The molecular formula is C15H25N3S. The highest BCUT2D eigenvalue weighted by atomic mass is 32.1. The third-order valence-electron chi connectivity index (χ3n) is 3.29. The number of anilines is 1. The summed E-state index contributed by atoms with van der Waals surface area (Å²) in [7, 11) is 4.19. The first kappa shape index (κ1) is 15.9. The van der Waals surface area contributed by atoms with E-state index in [1.54, 1.807) is 0 Å². The smallest absolute Gasteiger partial charge is 0.106 e. The third kappa shape index (κ3) is 3.91. The second kappa shape index (κ2) is 6.87. The number of nitrogens with two attached hydrogens (primary N) is 1. The van der Waals surface area contributed by atoms with Crippen LogP contribution in [0, 0.1) is 6.92 Å². The Balaban J connectivity index is 3.20. The molecule has 0 aliphatic rings. The van der Waals surface area contributed by atoms with Crippen molar-refractivity contribution >= 4 is 22.9 Å². The van der Waals surface area contributed by atoms with Crippen molar-refractivity contribution in [1.29, 1.82) is 0 Å². The molecule has 0 aliphatic heterocycles. The zero-order chi connectivity index (χ0) is 14.6. The molecule has 19 heavy (non-hydrogen) atoms. The lowest BCUT2D eigenvalue weighted by Gasteiger charge is -2.34. The lowest BCUT2D eigenvalue weighted by Crippen LogP contribution is -2.41. The first-order valence-corrected chi connectivity index (χ1v) is 7.10. The topological polar surface area (TPSA) is 32.5 Å². The number of rotatable bonds is 6. The number of thiocarbonyl (C=S) groups is 1. The van der Waals surface area contributed by atoms with Gasteiger partial charge in [0.05, 0.1) is 5.69 Å². The summed E-state index contributed by atoms with van der Waals surface area (Å²) < 4.78 is 0. The van der Waals surface area contributed by atoms with Crippen molar-refractivity contribution in [3.05, 3.63) is 29.3 Å². The van der Waals surface area contributed by atoms with Gasteiger partial charge < -0.3 is 15.5 Å². The fourth-order valence-electron chi connectivity index (χ4n) is 2.56. The highest BCUT2D eigenvalue weighted by Gasteiger charge is 2.19. The Morgan fingerprint density at radius 3 is 2.47 bits per heavy atom. The number of aryl methyl sites for hydroxylation is 1. The Morgan fingerprint density at radius 1 is 1.37 bits per heavy atom. The minimum Gasteiger partial charge on any atom is -0.389 e. The van der Waals surface area contributed by atoms with Crippen LogP contribution in [0.25, 0.3) is 0 Å². The standard InChI is InChI=1S/C15H25N3S/c1-6-18(12(3)10-17(4)5)14-11(2)8-7-9-13(14)15(16)19/h7-9,12H,6,10H2,1-5H3,(H2,16,19). The fraction of sp³-hybridized carbons (Fsp3) is 0.533. The molecule has 1 aromatic rings. The zero-order valence-electron chi connectivity index (χ0n) is 12.6. The zero-order valence-corrected chi connectivity index (χ0v) is 13.4. The maximum atomic E-state index is 5.87. The highest BCUT2D eigenvalue weighted by molar-refractivity contribution is 7.80. The lowest BCUT2D eigenvalue weighted by molar-refractivity contribution is 0.373. The van der Waals surface area contributed by atoms with Crippen LogP contribution >= 0.6 is 12.2 Å². The molecule has 1 rings (SSSR count). The molecule has 4 heteroatoms. The minimum atomic E-state index is 0.411. The quantitative estimate of drug-likeness (QED) is 0.811. The van der Waals surface area contributed by atoms with Gasteiger partial charge in [-0.25, -0.2) is 0 Å². The Morgan fingerprint density at radius 2 is 2.00 bits per heavy atom. The Bertz CT molecular complexity index is 443. The second-order valence-electron chi connectivity index (χ2n) is 5.23. The molecule has 1 atom stereocenters. The van der Waals surface area contributed by atoms with Gasteiger partial charge in [-0.15, -0.1) is 0 Å². The SMILES string of the molecule is CCN(c1c(C)cccc1C(N)=S)C(C)CN(C)C. The van der Waals surface area contributed by atoms with Gasteiger partial charge in [0.1, 0.15) is 4.99 Å². The second-order valence-corrected chi connectivity index (χ2v) is 5.67. The van der Waals surface area contributed by atoms with Crippen molar-refractivity contribution in [2.45, 2.75) is 26.8 Å². The normalized spacial score (nSPS) is 12.5. The molecule has 0 radical (unpaired) electrons. The first-order chi connectivity index (χ1) is 8.88. The Labute approximate surface area is 122 Å². The van der Waals surface area contributed by atoms with Crippen LogP contribution in [-0.4, -0.2) is 43.1 Å². The van der Waals surface area contributed by atoms with Gasteiger partial charge in [0.2, 0.25) is 0 Å². The molecule has 0 amide bonds. The maximum absolute atomic E-state index is 5.87. The number of para-hydroxylation sites is 1. The summed E-state index contributed by atoms with van der Waals surface area (Å²) in [5, 5.41) is 0. The van der Waals surface area contributed by atoms with Gasteiger partial charge in [-0.2, -0.15) is 0 Å². The number of hydrogen-bond acceptors (Lipinski definition) is 3. The number of benzene rings is 1. The number of likely N-dealkylation sites (N-methyl/N-ethyl adjacent to an activating group) is 2. The molecule has 0 bridgehead atoms. The lowest BCUT2D eigenvalue weighted by atomic mass is 10.0. The van der Waals surface area contributed by atoms with Crippen LogP contribution in [-0.2, 0) is 0 Å². The van der Waals surface area contributed by atoms with Crippen molar-refractivity contribution in [3.8, 4) is 0 Å². The molecule has 0 spiro atoms. The van der Waals surface area contributed by atoms with Crippen molar-refractivity contribution in [1.82, 2.24) is 4.90 Å². The molecule has 0 fully saturated rings. The molecule has 0 aromatic heterocycles. The van der Waals surface area contributed by atoms with E-state index in [1.165, 1.54) is 11.3 Å². The first-order valence-electron chi connectivity index (χ1n) is 6.69. The van der Waals surface area contributed by atoms with Crippen LogP contribution in [0.2, 0.25) is 0 Å². The molecule has 0 saturated heterocycles. The van der Waals surface area contributed by atoms with E-state index in [0.29, 0.717) is 11.0 Å². The van der Waals surface area contributed by atoms with E-state index in [0.717, 1.165) is 18.7 Å². The van der Waals surface area contributed by atoms with E-state index in [9.17, 15) is 0 Å². The Kier molecular flexibility index (Phi) is 5.76. The van der Waals surface area contributed by atoms with Gasteiger partial charge in [0.15, 0.2) is 0 Å². The Hall–Kier alpha value is -1.13. The average Bonchev–Trinajstić information content (AvgIpc) is 2.30. The highest BCUT2D eigenvalue weighted by Crippen LogP contribution is 2.27. The van der Waals surface area contributed by atoms with Gasteiger partial charge in [-0.1, -0.05) is 24.4 Å². The van der Waals surface area contributed by atoms with Crippen molar-refractivity contribution in [3.63, 3.8) is 0 Å². The number of hydrogen-bond donors (Lipinski definition) is 1. The summed E-state index contributed by atoms with van der Waals surface area (Å²) in [5.74, 6) is 0. The van der Waals surface area contributed by atoms with E-state index in [2.05, 4.69) is 50.7 Å². The third-order valence-corrected chi connectivity index (χ3v) is 3.51. The molecule has 2 N–H and O–H groups in total. The van der Waals surface area contributed by atoms with Gasteiger partial charge in [0.25, 0.3) is 0 Å². The largest absolute Gasteiger partial charge is 0.389 e. The summed E-state index contributed by atoms with van der Waals surface area (Å²) in [6.45, 7) is 8.46. The molecule has 3 nitrogen and oxygen atoms in total. The summed E-state index contributed by atoms with van der Waals surface area (Å²) in [6.07, 6.45) is 0. The molecule has 106 valence electrons. The predicted octanol–water partition coefficient (Wildman–Crippen LogP) is 2.41. The molecule has 0 aliphatic carbocycles. The molecule has 0 heterocycles. The van der Waals surface area contributed by atoms with Crippen LogP contribution in [0.3, 0.4) is 0 Å². The van der Waals surface area contributed by atoms with Crippen LogP contribution in [0.1, 0.15) is 25.0 Å². The van der Waals surface area contributed by atoms with Gasteiger partial charge >= 0.3 is 0 Å². The molecule has 0 saturated carbocycles. The van der Waals surface area contributed by atoms with Crippen LogP contribution < -0.4 is 10.6 Å². The van der Waals surface area contributed by atoms with E-state index >= 15 is 0 Å². The van der Waals surface area contributed by atoms with Crippen LogP contribution in [0.5, 0.6) is 0 Å². The van der Waals surface area contributed by atoms with Crippen LogP contribution in [0.15, 0.2) is 18.2 Å². The van der Waals surface area contributed by atoms with Crippen molar-refractivity contribution in [2.75, 3.05) is 32.1 Å². The van der Waals surface area contributed by atoms with E-state index in [1.807, 2.05) is 12.1 Å². The predicted molar refractivity (Wildman–Crippen MR) is 88.1 cm³/mol. The van der Waals surface area contributed by atoms with Gasteiger partial charge in [-0.05, 0) is 46.5 Å². The molecule has 1 aromatic carbocycles. The fourth-order valence-corrected chi connectivity index (χ4v) is 2.72. The minimum absolute atomic E-state index is 0.411. The van der Waals surface area contributed by atoms with Crippen molar-refractivity contribution in [2.24, 2.45) is 5.73 Å². The van der Waals surface area contributed by atoms with E-state index in [4.69, 9.17) is 18.0 Å². The maximum Gasteiger partial charge on any atom is 0.106 e. The van der Waals surface area contributed by atoms with Gasteiger partial charge in [-0.3, -0.25) is 0 Å². The van der Waals surface area contributed by atoms with E-state index < -0.39 is 0 Å². The summed E-state index contributed by atoms with van der Waals surface area (Å²) in [4.78, 5) is 5.05. The summed E-state index contributed by atoms with van der Waals surface area (Å²) in [6, 6.07) is 6.55. The van der Waals surface area contributed by atoms with Gasteiger partial charge in [0, 0.05) is 24.7 Å². The summed E-state index contributed by atoms with van der Waals surface area (Å²) in [5.41, 5.74) is 9.24. The number of nitrogens with zero attached hydrogens (tertiary/aromatic N) is 2.